The van der Waals surface area contributed by atoms with Gasteiger partial charge in [0.1, 0.15) is 0 Å². The summed E-state index contributed by atoms with van der Waals surface area (Å²) >= 11 is 0. The number of nitrogens with zero attached hydrogens (tertiary/aromatic N) is 1. The summed E-state index contributed by atoms with van der Waals surface area (Å²) in [4.78, 5) is 2.28. The molecule has 0 fully saturated rings. The second-order valence-electron chi connectivity index (χ2n) is 5.04. The van der Waals surface area contributed by atoms with Gasteiger partial charge in [-0.15, -0.1) is 0 Å². The van der Waals surface area contributed by atoms with Crippen LogP contribution in [0.25, 0.3) is 0 Å². The highest BCUT2D eigenvalue weighted by molar-refractivity contribution is 5.47. The zero-order valence-electron chi connectivity index (χ0n) is 11.7. The van der Waals surface area contributed by atoms with Crippen molar-refractivity contribution >= 4 is 5.69 Å². The standard InChI is InChI=1S/C17H22N2/c1-14(18)16-8-10-17(11-9-16)19(2)13-12-15-6-4-3-5-7-15/h3-11,14H,12-13,18H2,1-2H3/t14-/m0/s1. The van der Waals surface area contributed by atoms with Crippen molar-refractivity contribution in [2.75, 3.05) is 18.5 Å². The molecule has 0 aliphatic carbocycles. The molecule has 0 aromatic heterocycles. The first-order valence-corrected chi connectivity index (χ1v) is 6.77. The van der Waals surface area contributed by atoms with Gasteiger partial charge >= 0.3 is 0 Å². The summed E-state index contributed by atoms with van der Waals surface area (Å²) < 4.78 is 0. The molecule has 2 heteroatoms. The average Bonchev–Trinajstić information content (AvgIpc) is 2.46. The molecular weight excluding hydrogens is 232 g/mol. The molecule has 0 saturated heterocycles. The Bertz CT molecular complexity index is 488. The van der Waals surface area contributed by atoms with Gasteiger partial charge in [-0.2, -0.15) is 0 Å². The third-order valence-electron chi connectivity index (χ3n) is 3.44. The number of anilines is 1. The average molecular weight is 254 g/mol. The lowest BCUT2D eigenvalue weighted by molar-refractivity contribution is 0.816. The third-order valence-corrected chi connectivity index (χ3v) is 3.44. The summed E-state index contributed by atoms with van der Waals surface area (Å²) in [6.07, 6.45) is 1.06. The van der Waals surface area contributed by atoms with Crippen LogP contribution in [0.3, 0.4) is 0 Å². The van der Waals surface area contributed by atoms with Crippen LogP contribution in [0.15, 0.2) is 54.6 Å². The van der Waals surface area contributed by atoms with E-state index in [9.17, 15) is 0 Å². The molecule has 0 unspecified atom stereocenters. The number of hydrogen-bond acceptors (Lipinski definition) is 2. The molecule has 2 aromatic rings. The van der Waals surface area contributed by atoms with Gasteiger partial charge in [-0.3, -0.25) is 0 Å². The van der Waals surface area contributed by atoms with Crippen LogP contribution in [0.2, 0.25) is 0 Å². The summed E-state index contributed by atoms with van der Waals surface area (Å²) in [6.45, 7) is 3.02. The highest BCUT2D eigenvalue weighted by atomic mass is 15.1. The number of nitrogens with two attached hydrogens (primary N) is 1. The maximum absolute atomic E-state index is 5.86. The van der Waals surface area contributed by atoms with Gasteiger partial charge in [-0.25, -0.2) is 0 Å². The Kier molecular flexibility index (Phi) is 4.58. The molecule has 1 atom stereocenters. The summed E-state index contributed by atoms with van der Waals surface area (Å²) in [5, 5.41) is 0. The minimum absolute atomic E-state index is 0.101. The Labute approximate surface area is 115 Å². The van der Waals surface area contributed by atoms with Gasteiger partial charge in [0, 0.05) is 25.3 Å². The van der Waals surface area contributed by atoms with Gasteiger partial charge in [0.25, 0.3) is 0 Å². The maximum atomic E-state index is 5.86. The van der Waals surface area contributed by atoms with Crippen molar-refractivity contribution in [1.82, 2.24) is 0 Å². The van der Waals surface area contributed by atoms with Gasteiger partial charge in [0.2, 0.25) is 0 Å². The van der Waals surface area contributed by atoms with E-state index in [1.54, 1.807) is 0 Å². The van der Waals surface area contributed by atoms with E-state index in [0.717, 1.165) is 13.0 Å². The molecule has 0 spiro atoms. The fourth-order valence-electron chi connectivity index (χ4n) is 2.10. The molecule has 0 aliphatic heterocycles. The van der Waals surface area contributed by atoms with E-state index < -0.39 is 0 Å². The molecule has 2 nitrogen and oxygen atoms in total. The van der Waals surface area contributed by atoms with Crippen molar-refractivity contribution in [3.8, 4) is 0 Å². The molecule has 2 N–H and O–H groups in total. The first-order chi connectivity index (χ1) is 9.16. The molecule has 0 radical (unpaired) electrons. The van der Waals surface area contributed by atoms with Crippen molar-refractivity contribution in [2.24, 2.45) is 5.73 Å². The first-order valence-electron chi connectivity index (χ1n) is 6.77. The van der Waals surface area contributed by atoms with Crippen LogP contribution in [-0.2, 0) is 6.42 Å². The topological polar surface area (TPSA) is 29.3 Å². The van der Waals surface area contributed by atoms with E-state index >= 15 is 0 Å². The summed E-state index contributed by atoms with van der Waals surface area (Å²) in [5.41, 5.74) is 9.65. The fraction of sp³-hybridized carbons (Fsp3) is 0.294. The van der Waals surface area contributed by atoms with Crippen LogP contribution in [0.1, 0.15) is 24.1 Å². The molecule has 0 saturated carbocycles. The SMILES string of the molecule is C[C@H](N)c1ccc(N(C)CCc2ccccc2)cc1. The molecule has 100 valence electrons. The highest BCUT2D eigenvalue weighted by Gasteiger charge is 2.03. The predicted molar refractivity (Wildman–Crippen MR) is 82.5 cm³/mol. The number of benzene rings is 2. The Morgan fingerprint density at radius 3 is 2.21 bits per heavy atom. The monoisotopic (exact) mass is 254 g/mol. The molecule has 0 aliphatic rings. The van der Waals surface area contributed by atoms with Crippen LogP contribution in [0.4, 0.5) is 5.69 Å². The van der Waals surface area contributed by atoms with E-state index in [-0.39, 0.29) is 6.04 Å². The molecule has 19 heavy (non-hydrogen) atoms. The maximum Gasteiger partial charge on any atom is 0.0363 e. The molecular formula is C17H22N2. The molecule has 0 bridgehead atoms. The second-order valence-corrected chi connectivity index (χ2v) is 5.04. The van der Waals surface area contributed by atoms with E-state index in [2.05, 4.69) is 66.5 Å². The van der Waals surface area contributed by atoms with Crippen molar-refractivity contribution in [3.63, 3.8) is 0 Å². The lowest BCUT2D eigenvalue weighted by Crippen LogP contribution is -2.20. The largest absolute Gasteiger partial charge is 0.374 e. The van der Waals surface area contributed by atoms with Crippen molar-refractivity contribution in [3.05, 3.63) is 65.7 Å². The highest BCUT2D eigenvalue weighted by Crippen LogP contribution is 2.17. The fourth-order valence-corrected chi connectivity index (χ4v) is 2.10. The zero-order valence-corrected chi connectivity index (χ0v) is 11.7. The molecule has 2 aromatic carbocycles. The summed E-state index contributed by atoms with van der Waals surface area (Å²) in [5.74, 6) is 0. The molecule has 0 heterocycles. The van der Waals surface area contributed by atoms with Crippen LogP contribution >= 0.6 is 0 Å². The Balaban J connectivity index is 1.94. The quantitative estimate of drug-likeness (QED) is 0.886. The van der Waals surface area contributed by atoms with Crippen molar-refractivity contribution in [2.45, 2.75) is 19.4 Å². The van der Waals surface area contributed by atoms with Gasteiger partial charge < -0.3 is 10.6 Å². The third kappa shape index (κ3) is 3.83. The van der Waals surface area contributed by atoms with Gasteiger partial charge in [0.05, 0.1) is 0 Å². The number of rotatable bonds is 5. The minimum Gasteiger partial charge on any atom is -0.374 e. The van der Waals surface area contributed by atoms with Crippen LogP contribution in [0, 0.1) is 0 Å². The number of likely N-dealkylation sites (N-methyl/N-ethyl adjacent to an activating group) is 1. The number of hydrogen-bond donors (Lipinski definition) is 1. The molecule has 2 rings (SSSR count). The van der Waals surface area contributed by atoms with Crippen LogP contribution in [-0.4, -0.2) is 13.6 Å². The summed E-state index contributed by atoms with van der Waals surface area (Å²) in [6, 6.07) is 19.2. The molecule has 0 amide bonds. The van der Waals surface area contributed by atoms with E-state index in [4.69, 9.17) is 5.73 Å². The second kappa shape index (κ2) is 6.39. The van der Waals surface area contributed by atoms with E-state index in [0.29, 0.717) is 0 Å². The van der Waals surface area contributed by atoms with E-state index in [1.807, 2.05) is 6.92 Å². The smallest absolute Gasteiger partial charge is 0.0363 e. The normalized spacial score (nSPS) is 12.2. The predicted octanol–water partition coefficient (Wildman–Crippen LogP) is 3.39. The van der Waals surface area contributed by atoms with Crippen molar-refractivity contribution < 1.29 is 0 Å². The Hall–Kier alpha value is -1.80. The van der Waals surface area contributed by atoms with E-state index in [1.165, 1.54) is 16.8 Å². The minimum atomic E-state index is 0.101. The van der Waals surface area contributed by atoms with Crippen LogP contribution < -0.4 is 10.6 Å². The lowest BCUT2D eigenvalue weighted by atomic mass is 10.1. The van der Waals surface area contributed by atoms with Crippen LogP contribution in [0.5, 0.6) is 0 Å². The van der Waals surface area contributed by atoms with Gasteiger partial charge in [-0.1, -0.05) is 42.5 Å². The van der Waals surface area contributed by atoms with Gasteiger partial charge in [-0.05, 0) is 36.6 Å². The Morgan fingerprint density at radius 2 is 1.63 bits per heavy atom. The first kappa shape index (κ1) is 13.6. The Morgan fingerprint density at radius 1 is 1.00 bits per heavy atom. The lowest BCUT2D eigenvalue weighted by Gasteiger charge is -2.20. The van der Waals surface area contributed by atoms with Gasteiger partial charge in [0.15, 0.2) is 0 Å². The zero-order chi connectivity index (χ0) is 13.7. The van der Waals surface area contributed by atoms with Crippen molar-refractivity contribution in [1.29, 1.82) is 0 Å². The summed E-state index contributed by atoms with van der Waals surface area (Å²) in [7, 11) is 2.13.